The number of carbonyl (C=O) groups is 1. The van der Waals surface area contributed by atoms with Crippen molar-refractivity contribution < 1.29 is 21.6 Å². The fourth-order valence-corrected chi connectivity index (χ4v) is 4.18. The van der Waals surface area contributed by atoms with Crippen LogP contribution < -0.4 is 10.0 Å². The maximum Gasteiger partial charge on any atom is 0.240 e. The van der Waals surface area contributed by atoms with Crippen LogP contribution in [0.2, 0.25) is 0 Å². The fraction of sp³-hybridized carbons (Fsp3) is 0.500. The average Bonchev–Trinajstić information content (AvgIpc) is 2.54. The van der Waals surface area contributed by atoms with E-state index in [1.165, 1.54) is 35.6 Å². The highest BCUT2D eigenvalue weighted by molar-refractivity contribution is 7.89. The van der Waals surface area contributed by atoms with E-state index in [9.17, 15) is 21.6 Å². The Hall–Kier alpha value is -1.49. The number of hydrogen-bond donors (Lipinski definition) is 2. The van der Waals surface area contributed by atoms with Crippen molar-refractivity contribution in [2.45, 2.75) is 17.7 Å². The number of piperidine rings is 1. The topological polar surface area (TPSA) is 113 Å². The van der Waals surface area contributed by atoms with Crippen molar-refractivity contribution in [1.82, 2.24) is 9.03 Å². The van der Waals surface area contributed by atoms with E-state index in [2.05, 4.69) is 10.0 Å². The molecule has 1 fully saturated rings. The van der Waals surface area contributed by atoms with Crippen molar-refractivity contribution in [1.29, 1.82) is 0 Å². The fourth-order valence-electron chi connectivity index (χ4n) is 2.54. The van der Waals surface area contributed by atoms with Gasteiger partial charge in [-0.1, -0.05) is 0 Å². The molecule has 1 aromatic rings. The average molecular weight is 375 g/mol. The van der Waals surface area contributed by atoms with Crippen LogP contribution in [0.15, 0.2) is 29.2 Å². The molecule has 1 saturated heterocycles. The lowest BCUT2D eigenvalue weighted by Gasteiger charge is -2.30. The first-order chi connectivity index (χ1) is 11.1. The molecule has 0 aromatic heterocycles. The van der Waals surface area contributed by atoms with Gasteiger partial charge in [0.1, 0.15) is 0 Å². The quantitative estimate of drug-likeness (QED) is 0.764. The van der Waals surface area contributed by atoms with Crippen molar-refractivity contribution in [3.05, 3.63) is 24.3 Å². The molecule has 0 spiro atoms. The monoisotopic (exact) mass is 375 g/mol. The molecule has 1 aliphatic heterocycles. The summed E-state index contributed by atoms with van der Waals surface area (Å²) in [6.07, 6.45) is 2.38. The normalized spacial score (nSPS) is 19.8. The first-order valence-electron chi connectivity index (χ1n) is 7.43. The van der Waals surface area contributed by atoms with Crippen LogP contribution in [0.1, 0.15) is 12.8 Å². The van der Waals surface area contributed by atoms with Gasteiger partial charge in [0.15, 0.2) is 0 Å². The van der Waals surface area contributed by atoms with Gasteiger partial charge < -0.3 is 5.32 Å². The Kier molecular flexibility index (Phi) is 5.63. The van der Waals surface area contributed by atoms with Crippen LogP contribution in [-0.4, -0.2) is 53.4 Å². The number of carbonyl (C=O) groups excluding carboxylic acids is 1. The third-order valence-electron chi connectivity index (χ3n) is 3.92. The third kappa shape index (κ3) is 4.53. The lowest BCUT2D eigenvalue weighted by atomic mass is 9.99. The summed E-state index contributed by atoms with van der Waals surface area (Å²) in [5, 5.41) is 2.70. The smallest absolute Gasteiger partial charge is 0.240 e. The summed E-state index contributed by atoms with van der Waals surface area (Å²) in [7, 11) is -5.51. The summed E-state index contributed by atoms with van der Waals surface area (Å²) < 4.78 is 50.0. The van der Waals surface area contributed by atoms with Gasteiger partial charge in [-0.2, -0.15) is 0 Å². The van der Waals surface area contributed by atoms with E-state index in [0.29, 0.717) is 25.1 Å². The van der Waals surface area contributed by atoms with Crippen molar-refractivity contribution in [3.63, 3.8) is 0 Å². The maximum atomic E-state index is 12.3. The molecule has 134 valence electrons. The number of rotatable bonds is 5. The van der Waals surface area contributed by atoms with Crippen molar-refractivity contribution in [2.75, 3.05) is 31.7 Å². The highest BCUT2D eigenvalue weighted by Gasteiger charge is 2.30. The van der Waals surface area contributed by atoms with Crippen LogP contribution in [0, 0.1) is 5.92 Å². The largest absolute Gasteiger partial charge is 0.326 e. The second-order valence-corrected chi connectivity index (χ2v) is 9.55. The van der Waals surface area contributed by atoms with E-state index in [1.807, 2.05) is 0 Å². The highest BCUT2D eigenvalue weighted by Crippen LogP contribution is 2.21. The number of amides is 1. The first kappa shape index (κ1) is 18.8. The van der Waals surface area contributed by atoms with Crippen molar-refractivity contribution in [2.24, 2.45) is 5.92 Å². The Bertz CT molecular complexity index is 803. The van der Waals surface area contributed by atoms with Crippen LogP contribution in [0.4, 0.5) is 5.69 Å². The molecule has 8 nitrogen and oxygen atoms in total. The second kappa shape index (κ2) is 7.18. The Morgan fingerprint density at radius 1 is 1.17 bits per heavy atom. The molecule has 0 bridgehead atoms. The number of anilines is 1. The van der Waals surface area contributed by atoms with Gasteiger partial charge in [-0.05, 0) is 44.2 Å². The van der Waals surface area contributed by atoms with Gasteiger partial charge in [0.05, 0.1) is 17.1 Å². The van der Waals surface area contributed by atoms with Gasteiger partial charge in [0, 0.05) is 18.8 Å². The summed E-state index contributed by atoms with van der Waals surface area (Å²) in [5.41, 5.74) is 0.464. The van der Waals surface area contributed by atoms with Gasteiger partial charge in [-0.3, -0.25) is 4.79 Å². The van der Waals surface area contributed by atoms with Gasteiger partial charge >= 0.3 is 0 Å². The number of nitrogens with zero attached hydrogens (tertiary/aromatic N) is 1. The molecule has 0 saturated carbocycles. The standard InChI is InChI=1S/C14H21N3O5S2/c1-15-24(21,22)13-7-5-12(6-8-13)16-14(18)11-4-3-9-17(10-11)23(2,19)20/h5-8,11,15H,3-4,9-10H2,1-2H3,(H,16,18). The molecule has 1 aromatic carbocycles. The Morgan fingerprint density at radius 3 is 2.33 bits per heavy atom. The van der Waals surface area contributed by atoms with Gasteiger partial charge in [0.2, 0.25) is 26.0 Å². The highest BCUT2D eigenvalue weighted by atomic mass is 32.2. The Labute approximate surface area is 142 Å². The molecular formula is C14H21N3O5S2. The summed E-state index contributed by atoms with van der Waals surface area (Å²) in [5.74, 6) is -0.693. The van der Waals surface area contributed by atoms with E-state index in [-0.39, 0.29) is 17.3 Å². The predicted molar refractivity (Wildman–Crippen MR) is 90.5 cm³/mol. The van der Waals surface area contributed by atoms with Crippen molar-refractivity contribution in [3.8, 4) is 0 Å². The number of nitrogens with one attached hydrogen (secondary N) is 2. The minimum absolute atomic E-state index is 0.101. The van der Waals surface area contributed by atoms with Crippen LogP contribution in [0.25, 0.3) is 0 Å². The number of sulfonamides is 2. The molecular weight excluding hydrogens is 354 g/mol. The van der Waals surface area contributed by atoms with Gasteiger partial charge in [-0.15, -0.1) is 0 Å². The molecule has 2 rings (SSSR count). The van der Waals surface area contributed by atoms with Gasteiger partial charge in [0.25, 0.3) is 0 Å². The molecule has 2 N–H and O–H groups in total. The summed E-state index contributed by atoms with van der Waals surface area (Å²) in [6.45, 7) is 0.593. The number of hydrogen-bond acceptors (Lipinski definition) is 5. The minimum Gasteiger partial charge on any atom is -0.326 e. The molecule has 0 radical (unpaired) electrons. The second-order valence-electron chi connectivity index (χ2n) is 5.68. The predicted octanol–water partition coefficient (Wildman–Crippen LogP) is 0.205. The van der Waals surface area contributed by atoms with E-state index < -0.39 is 26.0 Å². The summed E-state index contributed by atoms with van der Waals surface area (Å²) in [4.78, 5) is 12.4. The van der Waals surface area contributed by atoms with E-state index in [1.54, 1.807) is 0 Å². The van der Waals surface area contributed by atoms with E-state index in [4.69, 9.17) is 0 Å². The Morgan fingerprint density at radius 2 is 1.79 bits per heavy atom. The molecule has 10 heteroatoms. The minimum atomic E-state index is -3.52. The molecule has 1 aliphatic rings. The summed E-state index contributed by atoms with van der Waals surface area (Å²) in [6, 6.07) is 5.79. The molecule has 1 amide bonds. The third-order valence-corrected chi connectivity index (χ3v) is 6.62. The van der Waals surface area contributed by atoms with Crippen LogP contribution >= 0.6 is 0 Å². The SMILES string of the molecule is CNS(=O)(=O)c1ccc(NC(=O)C2CCCN(S(C)(=O)=O)C2)cc1. The van der Waals surface area contributed by atoms with Crippen molar-refractivity contribution >= 4 is 31.6 Å². The molecule has 1 unspecified atom stereocenters. The summed E-state index contributed by atoms with van der Waals surface area (Å²) >= 11 is 0. The Balaban J connectivity index is 2.04. The zero-order valence-corrected chi connectivity index (χ0v) is 15.2. The molecule has 24 heavy (non-hydrogen) atoms. The van der Waals surface area contributed by atoms with E-state index >= 15 is 0 Å². The lowest BCUT2D eigenvalue weighted by Crippen LogP contribution is -2.43. The van der Waals surface area contributed by atoms with Crippen LogP contribution in [0.3, 0.4) is 0 Å². The molecule has 1 atom stereocenters. The van der Waals surface area contributed by atoms with Crippen LogP contribution in [-0.2, 0) is 24.8 Å². The maximum absolute atomic E-state index is 12.3. The number of benzene rings is 1. The molecule has 1 heterocycles. The zero-order valence-electron chi connectivity index (χ0n) is 13.5. The van der Waals surface area contributed by atoms with E-state index in [0.717, 1.165) is 6.26 Å². The van der Waals surface area contributed by atoms with Gasteiger partial charge in [-0.25, -0.2) is 25.9 Å². The van der Waals surface area contributed by atoms with Crippen LogP contribution in [0.5, 0.6) is 0 Å². The first-order valence-corrected chi connectivity index (χ1v) is 10.8. The molecule has 0 aliphatic carbocycles. The zero-order chi connectivity index (χ0) is 18.0. The lowest BCUT2D eigenvalue weighted by molar-refractivity contribution is -0.120.